The number of carbonyl (C=O) groups excluding carboxylic acids is 3. The van der Waals surface area contributed by atoms with E-state index in [2.05, 4.69) is 5.32 Å². The molecule has 0 aliphatic carbocycles. The number of hydrogen-bond donors (Lipinski definition) is 1. The molecule has 3 amide bonds. The summed E-state index contributed by atoms with van der Waals surface area (Å²) in [4.78, 5) is 40.5. The third kappa shape index (κ3) is 2.86. The van der Waals surface area contributed by atoms with Gasteiger partial charge in [0.25, 0.3) is 5.91 Å². The van der Waals surface area contributed by atoms with Crippen LogP contribution < -0.4 is 5.32 Å². The first kappa shape index (κ1) is 16.4. The maximum Gasteiger partial charge on any atom is 0.254 e. The van der Waals surface area contributed by atoms with Crippen molar-refractivity contribution in [3.05, 3.63) is 35.6 Å². The SMILES string of the molecule is CC(C)C1NC(=O)C2CN(C(=O)c3ccc(F)cc3)CCN2C1=O. The molecule has 2 atom stereocenters. The van der Waals surface area contributed by atoms with E-state index in [1.54, 1.807) is 4.90 Å². The normalized spacial score (nSPS) is 24.0. The summed E-state index contributed by atoms with van der Waals surface area (Å²) < 4.78 is 13.0. The lowest BCUT2D eigenvalue weighted by Gasteiger charge is -2.46. The number of amides is 3. The quantitative estimate of drug-likeness (QED) is 0.863. The summed E-state index contributed by atoms with van der Waals surface area (Å²) in [7, 11) is 0. The van der Waals surface area contributed by atoms with Gasteiger partial charge in [0, 0.05) is 18.7 Å². The second-order valence-electron chi connectivity index (χ2n) is 6.54. The van der Waals surface area contributed by atoms with Gasteiger partial charge >= 0.3 is 0 Å². The van der Waals surface area contributed by atoms with Gasteiger partial charge in [-0.1, -0.05) is 13.8 Å². The van der Waals surface area contributed by atoms with Crippen molar-refractivity contribution in [2.75, 3.05) is 19.6 Å². The van der Waals surface area contributed by atoms with Crippen molar-refractivity contribution >= 4 is 17.7 Å². The van der Waals surface area contributed by atoms with Gasteiger partial charge in [0.1, 0.15) is 17.9 Å². The topological polar surface area (TPSA) is 69.7 Å². The number of piperazine rings is 2. The molecule has 2 heterocycles. The van der Waals surface area contributed by atoms with Crippen LogP contribution in [0.4, 0.5) is 4.39 Å². The van der Waals surface area contributed by atoms with Crippen LogP contribution in [-0.4, -0.2) is 59.2 Å². The van der Waals surface area contributed by atoms with Crippen LogP contribution in [-0.2, 0) is 9.59 Å². The van der Waals surface area contributed by atoms with Crippen molar-refractivity contribution in [1.29, 1.82) is 0 Å². The first-order valence-electron chi connectivity index (χ1n) is 8.04. The molecule has 0 bridgehead atoms. The molecule has 1 aromatic carbocycles. The first-order chi connectivity index (χ1) is 11.4. The number of rotatable bonds is 2. The molecule has 0 radical (unpaired) electrons. The zero-order valence-electron chi connectivity index (χ0n) is 13.7. The molecule has 1 aromatic rings. The molecule has 0 aromatic heterocycles. The highest BCUT2D eigenvalue weighted by atomic mass is 19.1. The molecule has 2 saturated heterocycles. The molecule has 2 aliphatic heterocycles. The molecule has 0 saturated carbocycles. The fourth-order valence-corrected chi connectivity index (χ4v) is 3.17. The standard InChI is InChI=1S/C17H20FN3O3/c1-10(2)14-17(24)21-8-7-20(9-13(21)15(22)19-14)16(23)11-3-5-12(18)6-4-11/h3-6,10,13-14H,7-9H2,1-2H3,(H,19,22). The van der Waals surface area contributed by atoms with E-state index < -0.39 is 17.9 Å². The van der Waals surface area contributed by atoms with E-state index >= 15 is 0 Å². The third-order valence-electron chi connectivity index (χ3n) is 4.57. The molecular formula is C17H20FN3O3. The minimum atomic E-state index is -0.661. The van der Waals surface area contributed by atoms with Gasteiger partial charge in [-0.3, -0.25) is 14.4 Å². The summed E-state index contributed by atoms with van der Waals surface area (Å²) in [5.74, 6) is -0.983. The van der Waals surface area contributed by atoms with E-state index in [0.29, 0.717) is 18.7 Å². The summed E-state index contributed by atoms with van der Waals surface area (Å²) in [5, 5.41) is 2.75. The number of hydrogen-bond acceptors (Lipinski definition) is 3. The molecular weight excluding hydrogens is 313 g/mol. The summed E-state index contributed by atoms with van der Waals surface area (Å²) in [5.41, 5.74) is 0.368. The molecule has 7 heteroatoms. The maximum absolute atomic E-state index is 13.0. The van der Waals surface area contributed by atoms with Gasteiger partial charge < -0.3 is 15.1 Å². The van der Waals surface area contributed by atoms with Crippen molar-refractivity contribution in [3.8, 4) is 0 Å². The minimum absolute atomic E-state index is 0.0151. The number of nitrogens with one attached hydrogen (secondary N) is 1. The molecule has 2 fully saturated rings. The average molecular weight is 333 g/mol. The van der Waals surface area contributed by atoms with Crippen molar-refractivity contribution in [3.63, 3.8) is 0 Å². The van der Waals surface area contributed by atoms with E-state index in [4.69, 9.17) is 0 Å². The molecule has 6 nitrogen and oxygen atoms in total. The Hall–Kier alpha value is -2.44. The number of nitrogens with zero attached hydrogens (tertiary/aromatic N) is 2. The van der Waals surface area contributed by atoms with Crippen molar-refractivity contribution in [2.24, 2.45) is 5.92 Å². The van der Waals surface area contributed by atoms with Crippen LogP contribution >= 0.6 is 0 Å². The largest absolute Gasteiger partial charge is 0.342 e. The smallest absolute Gasteiger partial charge is 0.254 e. The fourth-order valence-electron chi connectivity index (χ4n) is 3.17. The summed E-state index contributed by atoms with van der Waals surface area (Å²) in [6.45, 7) is 4.61. The Balaban J connectivity index is 1.75. The predicted molar refractivity (Wildman–Crippen MR) is 84.6 cm³/mol. The third-order valence-corrected chi connectivity index (χ3v) is 4.57. The van der Waals surface area contributed by atoms with Gasteiger partial charge in [-0.05, 0) is 30.2 Å². The van der Waals surface area contributed by atoms with Crippen LogP contribution in [0.2, 0.25) is 0 Å². The van der Waals surface area contributed by atoms with Crippen LogP contribution in [0.5, 0.6) is 0 Å². The summed E-state index contributed by atoms with van der Waals surface area (Å²) in [6, 6.07) is 4.13. The Labute approximate surface area is 139 Å². The number of fused-ring (bicyclic) bond motifs is 1. The van der Waals surface area contributed by atoms with Gasteiger partial charge in [0.15, 0.2) is 0 Å². The highest BCUT2D eigenvalue weighted by molar-refractivity contribution is 5.99. The molecule has 3 rings (SSSR count). The Morgan fingerprint density at radius 2 is 1.88 bits per heavy atom. The Morgan fingerprint density at radius 3 is 2.50 bits per heavy atom. The molecule has 1 N–H and O–H groups in total. The van der Waals surface area contributed by atoms with Gasteiger partial charge in [0.2, 0.25) is 11.8 Å². The van der Waals surface area contributed by atoms with E-state index in [-0.39, 0.29) is 30.2 Å². The molecule has 2 unspecified atom stereocenters. The number of carbonyl (C=O) groups is 3. The van der Waals surface area contributed by atoms with Crippen LogP contribution in [0.3, 0.4) is 0 Å². The fraction of sp³-hybridized carbons (Fsp3) is 0.471. The van der Waals surface area contributed by atoms with Gasteiger partial charge in [-0.2, -0.15) is 0 Å². The zero-order valence-corrected chi connectivity index (χ0v) is 13.7. The van der Waals surface area contributed by atoms with Crippen LogP contribution in [0.25, 0.3) is 0 Å². The minimum Gasteiger partial charge on any atom is -0.342 e. The Kier molecular flexibility index (Phi) is 4.26. The maximum atomic E-state index is 13.0. The highest BCUT2D eigenvalue weighted by Gasteiger charge is 2.45. The highest BCUT2D eigenvalue weighted by Crippen LogP contribution is 2.20. The summed E-state index contributed by atoms with van der Waals surface area (Å²) in [6.07, 6.45) is 0. The predicted octanol–water partition coefficient (Wildman–Crippen LogP) is 0.633. The first-order valence-corrected chi connectivity index (χ1v) is 8.04. The lowest BCUT2D eigenvalue weighted by atomic mass is 9.96. The van der Waals surface area contributed by atoms with E-state index in [1.807, 2.05) is 13.8 Å². The monoisotopic (exact) mass is 333 g/mol. The van der Waals surface area contributed by atoms with Crippen LogP contribution in [0, 0.1) is 11.7 Å². The second-order valence-corrected chi connectivity index (χ2v) is 6.54. The Morgan fingerprint density at radius 1 is 1.21 bits per heavy atom. The van der Waals surface area contributed by atoms with E-state index in [1.165, 1.54) is 29.2 Å². The van der Waals surface area contributed by atoms with Gasteiger partial charge in [-0.25, -0.2) is 4.39 Å². The van der Waals surface area contributed by atoms with Crippen LogP contribution in [0.1, 0.15) is 24.2 Å². The van der Waals surface area contributed by atoms with Crippen molar-refractivity contribution < 1.29 is 18.8 Å². The molecule has 0 spiro atoms. The number of benzene rings is 1. The summed E-state index contributed by atoms with van der Waals surface area (Å²) >= 11 is 0. The zero-order chi connectivity index (χ0) is 17.4. The van der Waals surface area contributed by atoms with Crippen molar-refractivity contribution in [2.45, 2.75) is 25.9 Å². The molecule has 2 aliphatic rings. The van der Waals surface area contributed by atoms with E-state index in [0.717, 1.165) is 0 Å². The van der Waals surface area contributed by atoms with Crippen LogP contribution in [0.15, 0.2) is 24.3 Å². The van der Waals surface area contributed by atoms with Gasteiger partial charge in [-0.15, -0.1) is 0 Å². The van der Waals surface area contributed by atoms with Crippen molar-refractivity contribution in [1.82, 2.24) is 15.1 Å². The van der Waals surface area contributed by atoms with Gasteiger partial charge in [0.05, 0.1) is 6.54 Å². The lowest BCUT2D eigenvalue weighted by Crippen LogP contribution is -2.70. The molecule has 24 heavy (non-hydrogen) atoms. The average Bonchev–Trinajstić information content (AvgIpc) is 2.57. The Bertz CT molecular complexity index is 674. The second kappa shape index (κ2) is 6.22. The van der Waals surface area contributed by atoms with E-state index in [9.17, 15) is 18.8 Å². The molecule has 128 valence electrons. The number of halogens is 1. The lowest BCUT2D eigenvalue weighted by molar-refractivity contribution is -0.153.